The van der Waals surface area contributed by atoms with Gasteiger partial charge in [-0.25, -0.2) is 14.6 Å². The molecule has 0 aromatic carbocycles. The lowest BCUT2D eigenvalue weighted by atomic mass is 9.86. The van der Waals surface area contributed by atoms with Gasteiger partial charge in [-0.15, -0.1) is 0 Å². The Hall–Kier alpha value is -1.28. The molecule has 25 heavy (non-hydrogen) atoms. The maximum Gasteiger partial charge on any atom is 0.337 e. The van der Waals surface area contributed by atoms with Crippen molar-refractivity contribution >= 4 is 11.8 Å². The Morgan fingerprint density at radius 1 is 1.24 bits per heavy atom. The summed E-state index contributed by atoms with van der Waals surface area (Å²) in [7, 11) is 0. The van der Waals surface area contributed by atoms with Crippen LogP contribution >= 0.6 is 0 Å². The maximum atomic E-state index is 12.5. The van der Waals surface area contributed by atoms with Crippen molar-refractivity contribution in [2.75, 3.05) is 0 Å². The molecule has 1 aliphatic rings. The molecule has 0 radical (unpaired) electrons. The minimum Gasteiger partial charge on any atom is -0.459 e. The van der Waals surface area contributed by atoms with E-state index in [2.05, 4.69) is 9.78 Å². The second kappa shape index (κ2) is 10.7. The van der Waals surface area contributed by atoms with Crippen molar-refractivity contribution < 1.29 is 34.6 Å². The van der Waals surface area contributed by atoms with Crippen molar-refractivity contribution in [1.82, 2.24) is 0 Å². The summed E-state index contributed by atoms with van der Waals surface area (Å²) in [5, 5.41) is 18.5. The number of cyclic esters (lactones) is 1. The standard InChI is InChI=1S/C18H30O7/c1-5-6-7-14(19)13-8-9-15(24-21)17(25-22)16(11(2)3)18(20)23-12(4)10-13/h12-13,15,17,21-22H,5-10H2,1-4H3. The van der Waals surface area contributed by atoms with Gasteiger partial charge in [0.25, 0.3) is 0 Å². The van der Waals surface area contributed by atoms with Crippen molar-refractivity contribution in [3.8, 4) is 0 Å². The van der Waals surface area contributed by atoms with Gasteiger partial charge in [0.1, 0.15) is 18.0 Å². The van der Waals surface area contributed by atoms with Gasteiger partial charge in [0, 0.05) is 12.3 Å². The van der Waals surface area contributed by atoms with Gasteiger partial charge in [-0.3, -0.25) is 15.3 Å². The highest BCUT2D eigenvalue weighted by Gasteiger charge is 2.37. The zero-order valence-corrected chi connectivity index (χ0v) is 15.5. The molecule has 1 fully saturated rings. The second-order valence-electron chi connectivity index (χ2n) is 6.88. The van der Waals surface area contributed by atoms with Crippen LogP contribution in [0.3, 0.4) is 0 Å². The fourth-order valence-corrected chi connectivity index (χ4v) is 3.20. The van der Waals surface area contributed by atoms with E-state index in [1.807, 2.05) is 6.92 Å². The molecular weight excluding hydrogens is 328 g/mol. The number of ketones is 1. The fourth-order valence-electron chi connectivity index (χ4n) is 3.20. The van der Waals surface area contributed by atoms with Crippen molar-refractivity contribution in [3.05, 3.63) is 11.1 Å². The molecule has 0 amide bonds. The molecule has 144 valence electrons. The highest BCUT2D eigenvalue weighted by molar-refractivity contribution is 5.90. The number of allylic oxidation sites excluding steroid dienone is 1. The number of hydrogen-bond acceptors (Lipinski definition) is 7. The third-order valence-corrected chi connectivity index (χ3v) is 4.59. The van der Waals surface area contributed by atoms with E-state index < -0.39 is 24.3 Å². The molecule has 1 rings (SSSR count). The third-order valence-electron chi connectivity index (χ3n) is 4.59. The predicted octanol–water partition coefficient (Wildman–Crippen LogP) is 3.53. The first-order valence-electron chi connectivity index (χ1n) is 8.87. The Bertz CT molecular complexity index is 482. The van der Waals surface area contributed by atoms with Gasteiger partial charge in [0.15, 0.2) is 6.10 Å². The van der Waals surface area contributed by atoms with E-state index in [9.17, 15) is 20.1 Å². The van der Waals surface area contributed by atoms with Crippen LogP contribution in [0.4, 0.5) is 0 Å². The number of esters is 1. The number of rotatable bonds is 6. The molecule has 7 heteroatoms. The van der Waals surface area contributed by atoms with Crippen molar-refractivity contribution in [1.29, 1.82) is 0 Å². The van der Waals surface area contributed by atoms with Crippen molar-refractivity contribution in [2.24, 2.45) is 5.92 Å². The number of carbonyl (C=O) groups is 2. The Labute approximate surface area is 148 Å². The van der Waals surface area contributed by atoms with Crippen molar-refractivity contribution in [3.63, 3.8) is 0 Å². The van der Waals surface area contributed by atoms with Gasteiger partial charge in [-0.1, -0.05) is 18.9 Å². The summed E-state index contributed by atoms with van der Waals surface area (Å²) in [5.74, 6) is -0.819. The summed E-state index contributed by atoms with van der Waals surface area (Å²) in [4.78, 5) is 33.8. The summed E-state index contributed by atoms with van der Waals surface area (Å²) in [6, 6.07) is 0. The second-order valence-corrected chi connectivity index (χ2v) is 6.88. The van der Waals surface area contributed by atoms with Crippen molar-refractivity contribution in [2.45, 2.75) is 84.5 Å². The first-order valence-corrected chi connectivity index (χ1v) is 8.87. The number of unbranched alkanes of at least 4 members (excludes halogenated alkanes) is 1. The molecule has 1 aliphatic heterocycles. The number of hydrogen-bond donors (Lipinski definition) is 2. The summed E-state index contributed by atoms with van der Waals surface area (Å²) >= 11 is 0. The van der Waals surface area contributed by atoms with Crippen LogP contribution in [0, 0.1) is 5.92 Å². The summed E-state index contributed by atoms with van der Waals surface area (Å²) < 4.78 is 5.43. The third kappa shape index (κ3) is 6.18. The van der Waals surface area contributed by atoms with Gasteiger partial charge >= 0.3 is 5.97 Å². The van der Waals surface area contributed by atoms with Crippen LogP contribution in [0.25, 0.3) is 0 Å². The molecule has 0 aromatic heterocycles. The lowest BCUT2D eigenvalue weighted by Crippen LogP contribution is -2.39. The van der Waals surface area contributed by atoms with E-state index in [0.29, 0.717) is 24.8 Å². The van der Waals surface area contributed by atoms with E-state index in [4.69, 9.17) is 4.74 Å². The number of Topliss-reactive ketones (excluding diaryl/α,β-unsaturated/α-hetero) is 1. The monoisotopic (exact) mass is 358 g/mol. The Kier molecular flexibility index (Phi) is 9.27. The van der Waals surface area contributed by atoms with E-state index in [0.717, 1.165) is 12.8 Å². The van der Waals surface area contributed by atoms with E-state index in [-0.39, 0.29) is 23.7 Å². The van der Waals surface area contributed by atoms with E-state index in [1.165, 1.54) is 0 Å². The molecule has 2 N–H and O–H groups in total. The molecule has 4 unspecified atom stereocenters. The summed E-state index contributed by atoms with van der Waals surface area (Å²) in [5.41, 5.74) is 0.707. The average Bonchev–Trinajstić information content (AvgIpc) is 2.56. The highest BCUT2D eigenvalue weighted by atomic mass is 17.1. The zero-order chi connectivity index (χ0) is 19.0. The predicted molar refractivity (Wildman–Crippen MR) is 90.8 cm³/mol. The summed E-state index contributed by atoms with van der Waals surface area (Å²) in [6.07, 6.45) is 0.759. The first kappa shape index (κ1) is 21.8. The Morgan fingerprint density at radius 2 is 1.92 bits per heavy atom. The first-order chi connectivity index (χ1) is 11.8. The molecule has 0 bridgehead atoms. The Morgan fingerprint density at radius 3 is 2.44 bits per heavy atom. The normalized spacial score (nSPS) is 28.4. The zero-order valence-electron chi connectivity index (χ0n) is 15.5. The number of carbonyl (C=O) groups excluding carboxylic acids is 2. The van der Waals surface area contributed by atoms with Crippen LogP contribution < -0.4 is 0 Å². The molecule has 4 atom stereocenters. The van der Waals surface area contributed by atoms with E-state index >= 15 is 0 Å². The molecule has 0 spiro atoms. The molecular formula is C18H30O7. The van der Waals surface area contributed by atoms with Crippen LogP contribution in [0.2, 0.25) is 0 Å². The van der Waals surface area contributed by atoms with E-state index in [1.54, 1.807) is 20.8 Å². The minimum absolute atomic E-state index is 0.115. The molecule has 7 nitrogen and oxygen atoms in total. The van der Waals surface area contributed by atoms with Gasteiger partial charge in [0.2, 0.25) is 0 Å². The summed E-state index contributed by atoms with van der Waals surface area (Å²) in [6.45, 7) is 7.14. The van der Waals surface area contributed by atoms with Gasteiger partial charge in [-0.05, 0) is 46.5 Å². The molecule has 0 saturated carbocycles. The van der Waals surface area contributed by atoms with Gasteiger partial charge in [0.05, 0.1) is 5.57 Å². The van der Waals surface area contributed by atoms with Gasteiger partial charge < -0.3 is 4.74 Å². The SMILES string of the molecule is CCCCC(=O)C1CCC(OO)C(OO)C(=C(C)C)C(=O)OC(C)C1. The smallest absolute Gasteiger partial charge is 0.337 e. The largest absolute Gasteiger partial charge is 0.459 e. The van der Waals surface area contributed by atoms with Crippen LogP contribution in [0.15, 0.2) is 11.1 Å². The van der Waals surface area contributed by atoms with Crippen LogP contribution in [-0.4, -0.2) is 40.6 Å². The van der Waals surface area contributed by atoms with Crippen LogP contribution in [-0.2, 0) is 24.1 Å². The molecule has 1 saturated heterocycles. The Balaban J connectivity index is 3.08. The quantitative estimate of drug-likeness (QED) is 0.324. The van der Waals surface area contributed by atoms with Gasteiger partial charge in [-0.2, -0.15) is 0 Å². The topological polar surface area (TPSA) is 102 Å². The average molecular weight is 358 g/mol. The minimum atomic E-state index is -1.18. The molecule has 0 aliphatic carbocycles. The molecule has 0 aromatic rings. The van der Waals surface area contributed by atoms with Crippen LogP contribution in [0.1, 0.15) is 66.2 Å². The number of ether oxygens (including phenoxy) is 1. The maximum absolute atomic E-state index is 12.5. The fraction of sp³-hybridized carbons (Fsp3) is 0.778. The lowest BCUT2D eigenvalue weighted by Gasteiger charge is -2.29. The lowest BCUT2D eigenvalue weighted by molar-refractivity contribution is -0.348. The molecule has 1 heterocycles. The van der Waals surface area contributed by atoms with Crippen LogP contribution in [0.5, 0.6) is 0 Å². The highest BCUT2D eigenvalue weighted by Crippen LogP contribution is 2.28.